The van der Waals surface area contributed by atoms with Crippen LogP contribution in [0.25, 0.3) is 16.7 Å². The number of anilines is 1. The van der Waals surface area contributed by atoms with Crippen molar-refractivity contribution in [2.24, 2.45) is 7.05 Å². The molecule has 5 rings (SSSR count). The van der Waals surface area contributed by atoms with E-state index in [1.807, 2.05) is 74.1 Å². The predicted octanol–water partition coefficient (Wildman–Crippen LogP) is 5.59. The number of Topliss-reactive ketones (excluding diaryl/α,β-unsaturated/α-hetero) is 1. The molecule has 2 heterocycles. The van der Waals surface area contributed by atoms with Crippen LogP contribution in [-0.2, 0) is 16.6 Å². The number of hydrogen-bond donors (Lipinski definition) is 1. The van der Waals surface area contributed by atoms with Crippen molar-refractivity contribution in [3.05, 3.63) is 102 Å². The van der Waals surface area contributed by atoms with Crippen LogP contribution in [0, 0.1) is 0 Å². The fraction of sp³-hybridized carbons (Fsp3) is 0.172. The van der Waals surface area contributed by atoms with Crippen molar-refractivity contribution >= 4 is 34.0 Å². The summed E-state index contributed by atoms with van der Waals surface area (Å²) < 4.78 is 7.67. The summed E-state index contributed by atoms with van der Waals surface area (Å²) in [7, 11) is 1.92. The zero-order valence-electron chi connectivity index (χ0n) is 19.8. The Kier molecular flexibility index (Phi) is 5.65. The molecule has 4 aromatic rings. The largest absolute Gasteiger partial charge is 0.507 e. The third kappa shape index (κ3) is 3.87. The summed E-state index contributed by atoms with van der Waals surface area (Å²) in [5, 5.41) is 12.3. The number of ether oxygens (including phenoxy) is 1. The van der Waals surface area contributed by atoms with Gasteiger partial charge in [-0.25, -0.2) is 0 Å². The topological polar surface area (TPSA) is 71.8 Å². The van der Waals surface area contributed by atoms with Gasteiger partial charge in [-0.1, -0.05) is 36.4 Å². The zero-order chi connectivity index (χ0) is 24.7. The number of ketones is 1. The third-order valence-electron chi connectivity index (χ3n) is 6.20. The van der Waals surface area contributed by atoms with Gasteiger partial charge in [-0.15, -0.1) is 0 Å². The van der Waals surface area contributed by atoms with E-state index in [4.69, 9.17) is 4.74 Å². The Balaban J connectivity index is 1.72. The molecule has 0 aliphatic carbocycles. The predicted molar refractivity (Wildman–Crippen MR) is 136 cm³/mol. The Hall–Kier alpha value is -4.32. The quantitative estimate of drug-likeness (QED) is 0.236. The number of carbonyl (C=O) groups excluding carboxylic acids is 2. The van der Waals surface area contributed by atoms with Crippen LogP contribution in [0.2, 0.25) is 0 Å². The first-order chi connectivity index (χ1) is 16.9. The van der Waals surface area contributed by atoms with Gasteiger partial charge in [-0.05, 0) is 56.3 Å². The average Bonchev–Trinajstić information content (AvgIpc) is 3.33. The zero-order valence-corrected chi connectivity index (χ0v) is 19.8. The van der Waals surface area contributed by atoms with Crippen LogP contribution in [0.15, 0.2) is 90.6 Å². The number of hydrogen-bond acceptors (Lipinski definition) is 4. The lowest BCUT2D eigenvalue weighted by Gasteiger charge is -2.25. The Labute approximate surface area is 203 Å². The maximum Gasteiger partial charge on any atom is 0.300 e. The second kappa shape index (κ2) is 8.80. The standard InChI is InChI=1S/C29H26N2O4/c1-18(2)35-21-15-13-19(14-16-21)27(32)25-26(23-17-30(3)24-12-8-7-11-22(23)24)31(29(34)28(25)33)20-9-5-4-6-10-20/h4-18,26,32H,1-3H3/b27-25+. The van der Waals surface area contributed by atoms with Gasteiger partial charge in [0.25, 0.3) is 11.7 Å². The van der Waals surface area contributed by atoms with Crippen LogP contribution in [0.1, 0.15) is 31.0 Å². The normalized spacial score (nSPS) is 17.5. The second-order valence-electron chi connectivity index (χ2n) is 8.91. The molecule has 6 heteroatoms. The smallest absolute Gasteiger partial charge is 0.300 e. The van der Waals surface area contributed by atoms with Crippen molar-refractivity contribution in [1.82, 2.24) is 4.57 Å². The van der Waals surface area contributed by atoms with E-state index in [-0.39, 0.29) is 17.4 Å². The molecule has 0 spiro atoms. The Bertz CT molecular complexity index is 1450. The summed E-state index contributed by atoms with van der Waals surface area (Å²) >= 11 is 0. The van der Waals surface area contributed by atoms with Gasteiger partial charge in [0, 0.05) is 41.0 Å². The molecule has 1 atom stereocenters. The highest BCUT2D eigenvalue weighted by molar-refractivity contribution is 6.51. The minimum absolute atomic E-state index is 0.0111. The maximum absolute atomic E-state index is 13.4. The van der Waals surface area contributed by atoms with Crippen molar-refractivity contribution in [1.29, 1.82) is 0 Å². The molecule has 0 bridgehead atoms. The van der Waals surface area contributed by atoms with Crippen molar-refractivity contribution in [3.63, 3.8) is 0 Å². The molecule has 1 aliphatic rings. The first-order valence-corrected chi connectivity index (χ1v) is 11.5. The SMILES string of the molecule is CC(C)Oc1ccc(/C(O)=C2\C(=O)C(=O)N(c3ccccc3)C2c2cn(C)c3ccccc23)cc1. The fourth-order valence-electron chi connectivity index (χ4n) is 4.69. The molecule has 1 unspecified atom stereocenters. The average molecular weight is 467 g/mol. The summed E-state index contributed by atoms with van der Waals surface area (Å²) in [6.07, 6.45) is 1.93. The number of carbonyl (C=O) groups is 2. The van der Waals surface area contributed by atoms with E-state index in [1.165, 1.54) is 4.90 Å². The van der Waals surface area contributed by atoms with E-state index in [0.29, 0.717) is 17.0 Å². The van der Waals surface area contributed by atoms with E-state index < -0.39 is 17.7 Å². The van der Waals surface area contributed by atoms with Gasteiger partial charge in [0.1, 0.15) is 11.5 Å². The molecule has 3 aromatic carbocycles. The van der Waals surface area contributed by atoms with Gasteiger partial charge < -0.3 is 14.4 Å². The van der Waals surface area contributed by atoms with Gasteiger partial charge in [-0.2, -0.15) is 0 Å². The van der Waals surface area contributed by atoms with Gasteiger partial charge in [0.15, 0.2) is 0 Å². The van der Waals surface area contributed by atoms with E-state index in [1.54, 1.807) is 36.4 Å². The lowest BCUT2D eigenvalue weighted by atomic mass is 9.94. The van der Waals surface area contributed by atoms with Gasteiger partial charge in [-0.3, -0.25) is 14.5 Å². The van der Waals surface area contributed by atoms with Crippen LogP contribution < -0.4 is 9.64 Å². The number of rotatable bonds is 5. The molecular weight excluding hydrogens is 440 g/mol. The van der Waals surface area contributed by atoms with E-state index in [2.05, 4.69) is 0 Å². The lowest BCUT2D eigenvalue weighted by Crippen LogP contribution is -2.29. The van der Waals surface area contributed by atoms with Crippen molar-refractivity contribution in [3.8, 4) is 5.75 Å². The maximum atomic E-state index is 13.4. The molecule has 1 amide bonds. The van der Waals surface area contributed by atoms with Crippen LogP contribution in [0.4, 0.5) is 5.69 Å². The third-order valence-corrected chi connectivity index (χ3v) is 6.20. The number of aryl methyl sites for hydroxylation is 1. The number of aromatic nitrogens is 1. The number of para-hydroxylation sites is 2. The number of aliphatic hydroxyl groups is 1. The molecule has 176 valence electrons. The monoisotopic (exact) mass is 466 g/mol. The molecule has 35 heavy (non-hydrogen) atoms. The molecular formula is C29H26N2O4. The van der Waals surface area contributed by atoms with Crippen molar-refractivity contribution in [2.45, 2.75) is 26.0 Å². The first kappa shape index (κ1) is 22.5. The van der Waals surface area contributed by atoms with E-state index >= 15 is 0 Å². The molecule has 1 saturated heterocycles. The number of amides is 1. The molecule has 1 aromatic heterocycles. The van der Waals surface area contributed by atoms with Crippen LogP contribution in [0.5, 0.6) is 5.75 Å². The van der Waals surface area contributed by atoms with Gasteiger partial charge in [0.05, 0.1) is 17.7 Å². The van der Waals surface area contributed by atoms with Crippen molar-refractivity contribution in [2.75, 3.05) is 4.90 Å². The molecule has 1 aliphatic heterocycles. The number of nitrogens with zero attached hydrogens (tertiary/aromatic N) is 2. The molecule has 0 saturated carbocycles. The highest BCUT2D eigenvalue weighted by atomic mass is 16.5. The minimum Gasteiger partial charge on any atom is -0.507 e. The summed E-state index contributed by atoms with van der Waals surface area (Å²) in [4.78, 5) is 28.2. The molecule has 6 nitrogen and oxygen atoms in total. The Morgan fingerprint density at radius 2 is 1.57 bits per heavy atom. The first-order valence-electron chi connectivity index (χ1n) is 11.5. The summed E-state index contributed by atoms with van der Waals surface area (Å²) in [5.74, 6) is -0.940. The van der Waals surface area contributed by atoms with Crippen LogP contribution >= 0.6 is 0 Å². The Morgan fingerprint density at radius 3 is 2.26 bits per heavy atom. The van der Waals surface area contributed by atoms with E-state index in [0.717, 1.165) is 16.5 Å². The second-order valence-corrected chi connectivity index (χ2v) is 8.91. The van der Waals surface area contributed by atoms with Crippen LogP contribution in [0.3, 0.4) is 0 Å². The Morgan fingerprint density at radius 1 is 0.914 bits per heavy atom. The summed E-state index contributed by atoms with van der Waals surface area (Å²) in [5.41, 5.74) is 2.83. The highest BCUT2D eigenvalue weighted by Crippen LogP contribution is 2.44. The number of fused-ring (bicyclic) bond motifs is 1. The van der Waals surface area contributed by atoms with E-state index in [9.17, 15) is 14.7 Å². The highest BCUT2D eigenvalue weighted by Gasteiger charge is 2.47. The molecule has 1 N–H and O–H groups in total. The van der Waals surface area contributed by atoms with Gasteiger partial charge in [0.2, 0.25) is 0 Å². The van der Waals surface area contributed by atoms with Crippen molar-refractivity contribution < 1.29 is 19.4 Å². The van der Waals surface area contributed by atoms with Crippen LogP contribution in [-0.4, -0.2) is 27.5 Å². The number of aliphatic hydroxyl groups excluding tert-OH is 1. The molecule has 0 radical (unpaired) electrons. The summed E-state index contributed by atoms with van der Waals surface area (Å²) in [6, 6.07) is 23.0. The lowest BCUT2D eigenvalue weighted by molar-refractivity contribution is -0.132. The number of benzene rings is 3. The minimum atomic E-state index is -0.782. The molecule has 1 fully saturated rings. The summed E-state index contributed by atoms with van der Waals surface area (Å²) in [6.45, 7) is 3.87. The fourth-order valence-corrected chi connectivity index (χ4v) is 4.69. The van der Waals surface area contributed by atoms with Gasteiger partial charge >= 0.3 is 0 Å².